The first-order chi connectivity index (χ1) is 11.7. The van der Waals surface area contributed by atoms with Crippen LogP contribution in [0.1, 0.15) is 0 Å². The molecule has 0 radical (unpaired) electrons. The van der Waals surface area contributed by atoms with Crippen LogP contribution in [0.15, 0.2) is 65.1 Å². The number of ether oxygens (including phenoxy) is 1. The molecule has 1 aliphatic carbocycles. The molecule has 2 aromatic rings. The van der Waals surface area contributed by atoms with Crippen LogP contribution in [-0.2, 0) is 0 Å². The third-order valence-corrected chi connectivity index (χ3v) is 4.15. The Bertz CT molecular complexity index is 1070. The van der Waals surface area contributed by atoms with Crippen LogP contribution in [0.5, 0.6) is 5.75 Å². The van der Waals surface area contributed by atoms with Crippen LogP contribution in [-0.4, -0.2) is 7.11 Å². The van der Waals surface area contributed by atoms with Gasteiger partial charge in [-0.2, -0.15) is 0 Å². The van der Waals surface area contributed by atoms with Gasteiger partial charge in [-0.25, -0.2) is 0 Å². The summed E-state index contributed by atoms with van der Waals surface area (Å²) in [5.74, 6) is 1.56. The second-order valence-corrected chi connectivity index (χ2v) is 5.72. The van der Waals surface area contributed by atoms with Crippen molar-refractivity contribution >= 4 is 16.7 Å². The molecule has 0 spiro atoms. The Morgan fingerprint density at radius 1 is 0.958 bits per heavy atom. The lowest BCUT2D eigenvalue weighted by Gasteiger charge is -2.15. The van der Waals surface area contributed by atoms with E-state index >= 15 is 0 Å². The molecule has 2 aromatic carbocycles. The van der Waals surface area contributed by atoms with E-state index in [1.165, 1.54) is 0 Å². The number of nitrogens with two attached hydrogens (primary N) is 2. The zero-order valence-corrected chi connectivity index (χ0v) is 13.2. The summed E-state index contributed by atoms with van der Waals surface area (Å²) in [6.45, 7) is 0. The number of anilines is 1. The molecule has 0 unspecified atom stereocenters. The van der Waals surface area contributed by atoms with Gasteiger partial charge in [-0.1, -0.05) is 12.1 Å². The van der Waals surface area contributed by atoms with E-state index in [4.69, 9.17) is 20.3 Å². The molecule has 0 bridgehead atoms. The highest BCUT2D eigenvalue weighted by Gasteiger charge is 2.17. The highest BCUT2D eigenvalue weighted by molar-refractivity contribution is 6.02. The molecule has 0 aromatic heterocycles. The third-order valence-electron chi connectivity index (χ3n) is 4.15. The SMILES string of the molecule is COc1ccc(-c2c3ccc(=[NH2+])cc-3oc3cc(N)ccc23)cc1. The van der Waals surface area contributed by atoms with E-state index in [-0.39, 0.29) is 0 Å². The first-order valence-electron chi connectivity index (χ1n) is 7.65. The van der Waals surface area contributed by atoms with Crippen LogP contribution in [0.2, 0.25) is 0 Å². The zero-order valence-electron chi connectivity index (χ0n) is 13.2. The summed E-state index contributed by atoms with van der Waals surface area (Å²) in [7, 11) is 1.66. The normalized spacial score (nSPS) is 11.0. The maximum absolute atomic E-state index is 6.03. The van der Waals surface area contributed by atoms with Crippen LogP contribution >= 0.6 is 0 Å². The van der Waals surface area contributed by atoms with Crippen LogP contribution in [0.25, 0.3) is 33.4 Å². The van der Waals surface area contributed by atoms with Gasteiger partial charge in [0.2, 0.25) is 0 Å². The molecule has 0 saturated heterocycles. The van der Waals surface area contributed by atoms with E-state index in [9.17, 15) is 0 Å². The molecule has 0 fully saturated rings. The van der Waals surface area contributed by atoms with Crippen molar-refractivity contribution in [2.45, 2.75) is 0 Å². The Labute approximate surface area is 139 Å². The molecule has 1 heterocycles. The summed E-state index contributed by atoms with van der Waals surface area (Å²) >= 11 is 0. The average molecular weight is 317 g/mol. The smallest absolute Gasteiger partial charge is 0.200 e. The van der Waals surface area contributed by atoms with Crippen LogP contribution in [0.4, 0.5) is 5.69 Å². The highest BCUT2D eigenvalue weighted by Crippen LogP contribution is 2.40. The Balaban J connectivity index is 2.11. The minimum absolute atomic E-state index is 0.662. The molecular formula is C20H17N2O2+. The minimum atomic E-state index is 0.662. The largest absolute Gasteiger partial charge is 0.497 e. The van der Waals surface area contributed by atoms with Crippen LogP contribution in [0.3, 0.4) is 0 Å². The molecule has 24 heavy (non-hydrogen) atoms. The predicted octanol–water partition coefficient (Wildman–Crippen LogP) is 2.46. The number of benzene rings is 3. The van der Waals surface area contributed by atoms with Gasteiger partial charge >= 0.3 is 0 Å². The van der Waals surface area contributed by atoms with E-state index in [0.29, 0.717) is 11.0 Å². The molecule has 0 atom stereocenters. The van der Waals surface area contributed by atoms with Gasteiger partial charge in [-0.05, 0) is 35.9 Å². The Hall–Kier alpha value is -3.27. The van der Waals surface area contributed by atoms with Gasteiger partial charge in [0.05, 0.1) is 13.2 Å². The average Bonchev–Trinajstić information content (AvgIpc) is 2.59. The fourth-order valence-electron chi connectivity index (χ4n) is 2.99. The van der Waals surface area contributed by atoms with Crippen molar-refractivity contribution in [3.05, 3.63) is 66.0 Å². The lowest BCUT2D eigenvalue weighted by molar-refractivity contribution is -0.172. The van der Waals surface area contributed by atoms with Crippen LogP contribution in [0, 0.1) is 0 Å². The van der Waals surface area contributed by atoms with Crippen LogP contribution < -0.4 is 21.2 Å². The Morgan fingerprint density at radius 2 is 1.75 bits per heavy atom. The van der Waals surface area contributed by atoms with Gasteiger partial charge < -0.3 is 14.9 Å². The maximum atomic E-state index is 6.03. The molecule has 0 amide bonds. The van der Waals surface area contributed by atoms with Crippen molar-refractivity contribution in [1.82, 2.24) is 0 Å². The van der Waals surface area contributed by atoms with Crippen molar-refractivity contribution in [3.8, 4) is 28.2 Å². The summed E-state index contributed by atoms with van der Waals surface area (Å²) in [6, 6.07) is 19.4. The van der Waals surface area contributed by atoms with Crippen molar-refractivity contribution in [3.63, 3.8) is 0 Å². The van der Waals surface area contributed by atoms with Crippen molar-refractivity contribution < 1.29 is 14.6 Å². The summed E-state index contributed by atoms with van der Waals surface area (Å²) in [6.07, 6.45) is 0. The van der Waals surface area contributed by atoms with Gasteiger partial charge in [0.15, 0.2) is 5.36 Å². The minimum Gasteiger partial charge on any atom is -0.497 e. The number of hydrogen-bond donors (Lipinski definition) is 2. The molecule has 4 heteroatoms. The fourth-order valence-corrected chi connectivity index (χ4v) is 2.99. The summed E-state index contributed by atoms with van der Waals surface area (Å²) < 4.78 is 11.3. The number of hydrogen-bond acceptors (Lipinski definition) is 3. The molecular weight excluding hydrogens is 300 g/mol. The van der Waals surface area contributed by atoms with Crippen molar-refractivity contribution in [1.29, 1.82) is 0 Å². The standard InChI is InChI=1S/C20H16N2O2/c1-23-15-6-2-12(3-7-15)20-16-8-4-13(21)10-18(16)24-19-11-14(22)5-9-17(19)20/h2-11,21H,22H2,1H3/p+1. The lowest BCUT2D eigenvalue weighted by Crippen LogP contribution is -2.44. The molecule has 2 aliphatic rings. The monoisotopic (exact) mass is 317 g/mol. The first kappa shape index (κ1) is 14.3. The van der Waals surface area contributed by atoms with E-state index in [2.05, 4.69) is 0 Å². The second-order valence-electron chi connectivity index (χ2n) is 5.72. The van der Waals surface area contributed by atoms with Gasteiger partial charge in [0.25, 0.3) is 0 Å². The number of rotatable bonds is 2. The third kappa shape index (κ3) is 2.29. The zero-order chi connectivity index (χ0) is 16.7. The second kappa shape index (κ2) is 5.42. The fraction of sp³-hybridized carbons (Fsp3) is 0.0500. The quantitative estimate of drug-likeness (QED) is 0.440. The maximum Gasteiger partial charge on any atom is 0.200 e. The lowest BCUT2D eigenvalue weighted by atomic mass is 9.93. The predicted molar refractivity (Wildman–Crippen MR) is 94.3 cm³/mol. The van der Waals surface area contributed by atoms with E-state index in [1.54, 1.807) is 7.11 Å². The molecule has 4 N–H and O–H groups in total. The summed E-state index contributed by atoms with van der Waals surface area (Å²) in [4.78, 5) is 0. The van der Waals surface area contributed by atoms with E-state index in [0.717, 1.165) is 39.2 Å². The van der Waals surface area contributed by atoms with E-state index in [1.807, 2.05) is 60.7 Å². The van der Waals surface area contributed by atoms with Crippen molar-refractivity contribution in [2.75, 3.05) is 12.8 Å². The highest BCUT2D eigenvalue weighted by atomic mass is 16.5. The van der Waals surface area contributed by atoms with Gasteiger partial charge in [0.1, 0.15) is 17.1 Å². The number of methoxy groups -OCH3 is 1. The molecule has 4 nitrogen and oxygen atoms in total. The summed E-state index contributed by atoms with van der Waals surface area (Å²) in [5, 5.41) is 7.59. The number of nitrogen functional groups attached to an aromatic ring is 1. The Kier molecular flexibility index (Phi) is 3.24. The first-order valence-corrected chi connectivity index (χ1v) is 7.65. The van der Waals surface area contributed by atoms with Gasteiger partial charge in [0, 0.05) is 34.3 Å². The van der Waals surface area contributed by atoms with Gasteiger partial charge in [-0.15, -0.1) is 0 Å². The summed E-state index contributed by atoms with van der Waals surface area (Å²) in [5.41, 5.74) is 10.5. The van der Waals surface area contributed by atoms with Crippen molar-refractivity contribution in [2.24, 2.45) is 0 Å². The van der Waals surface area contributed by atoms with Gasteiger partial charge in [-0.3, -0.25) is 5.41 Å². The number of fused-ring (bicyclic) bond motifs is 2. The Morgan fingerprint density at radius 3 is 2.50 bits per heavy atom. The topological polar surface area (TPSA) is 74.0 Å². The molecule has 0 saturated carbocycles. The molecule has 118 valence electrons. The molecule has 1 aliphatic heterocycles. The molecule has 4 rings (SSSR count). The van der Waals surface area contributed by atoms with E-state index < -0.39 is 0 Å².